The Morgan fingerprint density at radius 1 is 1.29 bits per heavy atom. The van der Waals surface area contributed by atoms with Crippen LogP contribution >= 0.6 is 11.3 Å². The summed E-state index contributed by atoms with van der Waals surface area (Å²) in [5.74, 6) is 1.34. The number of amides is 1. The quantitative estimate of drug-likeness (QED) is 0.783. The van der Waals surface area contributed by atoms with Gasteiger partial charge in [0.15, 0.2) is 0 Å². The first kappa shape index (κ1) is 20.2. The van der Waals surface area contributed by atoms with Crippen molar-refractivity contribution >= 4 is 22.2 Å². The highest BCUT2D eigenvalue weighted by Crippen LogP contribution is 2.44. The Balaban J connectivity index is 1.89. The van der Waals surface area contributed by atoms with Crippen LogP contribution in [0.3, 0.4) is 0 Å². The number of hydrogen-bond acceptors (Lipinski definition) is 5. The minimum absolute atomic E-state index is 0.231. The highest BCUT2D eigenvalue weighted by atomic mass is 32.1. The Bertz CT molecular complexity index is 934. The van der Waals surface area contributed by atoms with Crippen LogP contribution in [0.5, 0.6) is 11.5 Å². The van der Waals surface area contributed by atoms with E-state index >= 15 is 0 Å². The van der Waals surface area contributed by atoms with Gasteiger partial charge >= 0.3 is 0 Å². The molecule has 0 fully saturated rings. The topological polar surface area (TPSA) is 71.3 Å². The maximum absolute atomic E-state index is 12.9. The van der Waals surface area contributed by atoms with E-state index in [1.54, 1.807) is 25.3 Å². The van der Waals surface area contributed by atoms with Gasteiger partial charge in [-0.15, -0.1) is 11.3 Å². The second kappa shape index (κ2) is 7.84. The lowest BCUT2D eigenvalue weighted by Crippen LogP contribution is -2.26. The van der Waals surface area contributed by atoms with Crippen LogP contribution in [0.1, 0.15) is 53.6 Å². The van der Waals surface area contributed by atoms with Crippen LogP contribution in [0.4, 0.5) is 5.00 Å². The van der Waals surface area contributed by atoms with Gasteiger partial charge in [0.05, 0.1) is 25.3 Å². The first-order chi connectivity index (χ1) is 13.3. The number of rotatable bonds is 4. The van der Waals surface area contributed by atoms with Crippen molar-refractivity contribution in [2.24, 2.45) is 11.3 Å². The van der Waals surface area contributed by atoms with E-state index in [1.807, 2.05) is 0 Å². The Morgan fingerprint density at radius 3 is 2.64 bits per heavy atom. The van der Waals surface area contributed by atoms with E-state index in [0.29, 0.717) is 33.5 Å². The number of thiophene rings is 1. The number of nitrogens with one attached hydrogen (secondary N) is 1. The number of ether oxygens (including phenoxy) is 2. The lowest BCUT2D eigenvalue weighted by molar-refractivity contribution is 0.102. The molecule has 1 aliphatic rings. The number of methoxy groups -OCH3 is 2. The third kappa shape index (κ3) is 3.85. The monoisotopic (exact) mass is 398 g/mol. The molecule has 1 unspecified atom stereocenters. The van der Waals surface area contributed by atoms with Gasteiger partial charge in [0.25, 0.3) is 5.91 Å². The van der Waals surface area contributed by atoms with E-state index in [2.05, 4.69) is 32.2 Å². The van der Waals surface area contributed by atoms with Crippen molar-refractivity contribution in [2.75, 3.05) is 19.5 Å². The molecule has 1 heterocycles. The van der Waals surface area contributed by atoms with Crippen LogP contribution in [0, 0.1) is 22.7 Å². The van der Waals surface area contributed by atoms with Gasteiger partial charge < -0.3 is 14.8 Å². The van der Waals surface area contributed by atoms with Crippen LogP contribution in [-0.4, -0.2) is 20.1 Å². The fourth-order valence-corrected chi connectivity index (χ4v) is 4.96. The van der Waals surface area contributed by atoms with E-state index in [9.17, 15) is 10.1 Å². The Labute approximate surface area is 170 Å². The van der Waals surface area contributed by atoms with Crippen LogP contribution in [-0.2, 0) is 12.8 Å². The van der Waals surface area contributed by atoms with Gasteiger partial charge in [0.2, 0.25) is 0 Å². The van der Waals surface area contributed by atoms with E-state index < -0.39 is 0 Å². The predicted molar refractivity (Wildman–Crippen MR) is 112 cm³/mol. The van der Waals surface area contributed by atoms with Crippen molar-refractivity contribution in [3.05, 3.63) is 39.8 Å². The Morgan fingerprint density at radius 2 is 2.04 bits per heavy atom. The summed E-state index contributed by atoms with van der Waals surface area (Å²) in [6.45, 7) is 6.79. The Kier molecular flexibility index (Phi) is 5.66. The van der Waals surface area contributed by atoms with Crippen molar-refractivity contribution in [3.8, 4) is 17.6 Å². The molecule has 1 aromatic carbocycles. The molecule has 1 amide bonds. The summed E-state index contributed by atoms with van der Waals surface area (Å²) in [5.41, 5.74) is 2.35. The molecular weight excluding hydrogens is 372 g/mol. The fourth-order valence-electron chi connectivity index (χ4n) is 3.69. The normalized spacial score (nSPS) is 16.1. The van der Waals surface area contributed by atoms with Gasteiger partial charge in [0.1, 0.15) is 22.6 Å². The van der Waals surface area contributed by atoms with Gasteiger partial charge in [-0.2, -0.15) is 5.26 Å². The number of hydrogen-bond donors (Lipinski definition) is 1. The molecule has 0 bridgehead atoms. The van der Waals surface area contributed by atoms with Crippen molar-refractivity contribution in [1.82, 2.24) is 0 Å². The van der Waals surface area contributed by atoms with Gasteiger partial charge in [-0.3, -0.25) is 4.79 Å². The van der Waals surface area contributed by atoms with Crippen molar-refractivity contribution in [3.63, 3.8) is 0 Å². The van der Waals surface area contributed by atoms with Crippen molar-refractivity contribution in [1.29, 1.82) is 5.26 Å². The first-order valence-corrected chi connectivity index (χ1v) is 10.2. The predicted octanol–water partition coefficient (Wildman–Crippen LogP) is 5.04. The van der Waals surface area contributed by atoms with Crippen molar-refractivity contribution in [2.45, 2.75) is 40.0 Å². The third-order valence-electron chi connectivity index (χ3n) is 5.48. The number of carbonyl (C=O) groups excluding carboxylic acids is 1. The highest BCUT2D eigenvalue weighted by Gasteiger charge is 2.32. The summed E-state index contributed by atoms with van der Waals surface area (Å²) in [6.07, 6.45) is 2.92. The molecule has 0 spiro atoms. The summed E-state index contributed by atoms with van der Waals surface area (Å²) < 4.78 is 10.5. The SMILES string of the molecule is COc1ccc(C(=O)Nc2sc3c(c2C#N)CCC(C(C)(C)C)C3)c(OC)c1. The number of benzene rings is 1. The van der Waals surface area contributed by atoms with Crippen LogP contribution in [0.25, 0.3) is 0 Å². The van der Waals surface area contributed by atoms with E-state index in [0.717, 1.165) is 24.8 Å². The van der Waals surface area contributed by atoms with E-state index in [-0.39, 0.29) is 11.3 Å². The van der Waals surface area contributed by atoms with Gasteiger partial charge in [0, 0.05) is 10.9 Å². The van der Waals surface area contributed by atoms with Crippen molar-refractivity contribution < 1.29 is 14.3 Å². The molecule has 0 saturated heterocycles. The number of carbonyl (C=O) groups is 1. The second-order valence-corrected chi connectivity index (χ2v) is 9.25. The lowest BCUT2D eigenvalue weighted by atomic mass is 9.72. The number of anilines is 1. The number of nitriles is 1. The molecular formula is C22H26N2O3S. The van der Waals surface area contributed by atoms with Crippen LogP contribution in [0.2, 0.25) is 0 Å². The molecule has 0 radical (unpaired) electrons. The molecule has 1 aliphatic carbocycles. The zero-order valence-corrected chi connectivity index (χ0v) is 17.8. The summed E-state index contributed by atoms with van der Waals surface area (Å²) in [7, 11) is 3.08. The van der Waals surface area contributed by atoms with Crippen LogP contribution in [0.15, 0.2) is 18.2 Å². The summed E-state index contributed by atoms with van der Waals surface area (Å²) in [6, 6.07) is 7.37. The molecule has 148 valence electrons. The fraction of sp³-hybridized carbons (Fsp3) is 0.455. The maximum Gasteiger partial charge on any atom is 0.260 e. The average molecular weight is 399 g/mol. The second-order valence-electron chi connectivity index (χ2n) is 8.15. The minimum atomic E-state index is -0.290. The molecule has 1 aromatic heterocycles. The molecule has 2 aromatic rings. The molecule has 0 saturated carbocycles. The largest absolute Gasteiger partial charge is 0.497 e. The zero-order chi connectivity index (χ0) is 20.5. The number of fused-ring (bicyclic) bond motifs is 1. The van der Waals surface area contributed by atoms with Gasteiger partial charge in [-0.05, 0) is 48.3 Å². The summed E-state index contributed by atoms with van der Waals surface area (Å²) in [5, 5.41) is 13.3. The maximum atomic E-state index is 12.9. The molecule has 1 atom stereocenters. The average Bonchev–Trinajstić information content (AvgIpc) is 3.02. The molecule has 28 heavy (non-hydrogen) atoms. The smallest absolute Gasteiger partial charge is 0.260 e. The third-order valence-corrected chi connectivity index (χ3v) is 6.65. The summed E-state index contributed by atoms with van der Waals surface area (Å²) >= 11 is 1.53. The zero-order valence-electron chi connectivity index (χ0n) is 17.0. The first-order valence-electron chi connectivity index (χ1n) is 9.36. The number of nitrogens with zero attached hydrogens (tertiary/aromatic N) is 1. The molecule has 5 nitrogen and oxygen atoms in total. The molecule has 1 N–H and O–H groups in total. The van der Waals surface area contributed by atoms with Gasteiger partial charge in [-0.25, -0.2) is 0 Å². The highest BCUT2D eigenvalue weighted by molar-refractivity contribution is 7.16. The molecule has 3 rings (SSSR count). The molecule has 0 aliphatic heterocycles. The van der Waals surface area contributed by atoms with E-state index in [4.69, 9.17) is 9.47 Å². The van der Waals surface area contributed by atoms with E-state index in [1.165, 1.54) is 23.3 Å². The van der Waals surface area contributed by atoms with Crippen LogP contribution < -0.4 is 14.8 Å². The molecule has 6 heteroatoms. The standard InChI is InChI=1S/C22H26N2O3S/c1-22(2,3)13-6-8-15-17(12-23)21(28-19(15)10-13)24-20(25)16-9-7-14(26-4)11-18(16)27-5/h7,9,11,13H,6,8,10H2,1-5H3,(H,24,25). The minimum Gasteiger partial charge on any atom is -0.497 e. The summed E-state index contributed by atoms with van der Waals surface area (Å²) in [4.78, 5) is 14.1. The lowest BCUT2D eigenvalue weighted by Gasteiger charge is -2.33. The van der Waals surface area contributed by atoms with Gasteiger partial charge in [-0.1, -0.05) is 20.8 Å². The Hall–Kier alpha value is -2.52.